The lowest BCUT2D eigenvalue weighted by molar-refractivity contribution is -0.0114. The summed E-state index contributed by atoms with van der Waals surface area (Å²) in [4.78, 5) is 1.46. The van der Waals surface area contributed by atoms with Gasteiger partial charge in [0.05, 0.1) is 17.1 Å². The molecule has 106 valence electrons. The second-order valence-corrected chi connectivity index (χ2v) is 7.99. The number of hydrogen-bond donors (Lipinski definition) is 1. The standard InChI is InChI=1S/C12H18N2O3S2/c1-13-5-11-4-12(8-18-11)19(15,16)14-6-9-2-3-10(7-14)17-9/h4,8-10,13H,2-3,5-7H2,1H3. The van der Waals surface area contributed by atoms with E-state index in [0.29, 0.717) is 24.5 Å². The summed E-state index contributed by atoms with van der Waals surface area (Å²) in [5, 5.41) is 4.77. The Hall–Kier alpha value is -0.470. The van der Waals surface area contributed by atoms with Crippen molar-refractivity contribution in [2.75, 3.05) is 20.1 Å². The van der Waals surface area contributed by atoms with Crippen molar-refractivity contribution in [1.29, 1.82) is 0 Å². The first-order chi connectivity index (χ1) is 9.09. The van der Waals surface area contributed by atoms with Crippen LogP contribution in [0.2, 0.25) is 0 Å². The Kier molecular flexibility index (Phi) is 3.65. The summed E-state index contributed by atoms with van der Waals surface area (Å²) < 4.78 is 32.4. The van der Waals surface area contributed by atoms with Crippen LogP contribution >= 0.6 is 11.3 Å². The minimum Gasteiger partial charge on any atom is -0.372 e. The van der Waals surface area contributed by atoms with E-state index < -0.39 is 10.0 Å². The van der Waals surface area contributed by atoms with E-state index in [1.54, 1.807) is 15.8 Å². The Labute approximate surface area is 117 Å². The topological polar surface area (TPSA) is 58.6 Å². The van der Waals surface area contributed by atoms with E-state index in [2.05, 4.69) is 5.32 Å². The van der Waals surface area contributed by atoms with Gasteiger partial charge in [-0.2, -0.15) is 4.31 Å². The largest absolute Gasteiger partial charge is 0.372 e. The van der Waals surface area contributed by atoms with Gasteiger partial charge in [-0.25, -0.2) is 8.42 Å². The normalized spacial score (nSPS) is 27.8. The monoisotopic (exact) mass is 302 g/mol. The van der Waals surface area contributed by atoms with E-state index in [0.717, 1.165) is 17.7 Å². The molecule has 19 heavy (non-hydrogen) atoms. The van der Waals surface area contributed by atoms with Crippen LogP contribution in [0.1, 0.15) is 17.7 Å². The molecule has 1 aromatic rings. The summed E-state index contributed by atoms with van der Waals surface area (Å²) in [7, 11) is -1.49. The molecule has 0 amide bonds. The second kappa shape index (κ2) is 5.14. The molecular formula is C12H18N2O3S2. The third-order valence-electron chi connectivity index (χ3n) is 3.63. The van der Waals surface area contributed by atoms with Crippen molar-refractivity contribution < 1.29 is 13.2 Å². The molecule has 0 saturated carbocycles. The van der Waals surface area contributed by atoms with Crippen LogP contribution < -0.4 is 5.32 Å². The summed E-state index contributed by atoms with van der Waals surface area (Å²) in [6.45, 7) is 1.70. The van der Waals surface area contributed by atoms with Crippen molar-refractivity contribution >= 4 is 21.4 Å². The third kappa shape index (κ3) is 2.57. The maximum absolute atomic E-state index is 12.6. The van der Waals surface area contributed by atoms with E-state index in [4.69, 9.17) is 4.74 Å². The van der Waals surface area contributed by atoms with Crippen molar-refractivity contribution in [3.05, 3.63) is 16.3 Å². The zero-order valence-electron chi connectivity index (χ0n) is 10.8. The van der Waals surface area contributed by atoms with Gasteiger partial charge in [0.25, 0.3) is 0 Å². The van der Waals surface area contributed by atoms with Crippen LogP contribution in [-0.4, -0.2) is 45.1 Å². The fourth-order valence-corrected chi connectivity index (χ4v) is 5.46. The zero-order valence-corrected chi connectivity index (χ0v) is 12.5. The Morgan fingerprint density at radius 3 is 2.74 bits per heavy atom. The fourth-order valence-electron chi connectivity index (χ4n) is 2.69. The molecule has 3 rings (SSSR count). The minimum absolute atomic E-state index is 0.0870. The van der Waals surface area contributed by atoms with E-state index >= 15 is 0 Å². The highest BCUT2D eigenvalue weighted by Gasteiger charge is 2.39. The van der Waals surface area contributed by atoms with Crippen molar-refractivity contribution in [3.63, 3.8) is 0 Å². The number of hydrogen-bond acceptors (Lipinski definition) is 5. The number of ether oxygens (including phenoxy) is 1. The van der Waals surface area contributed by atoms with Crippen molar-refractivity contribution in [2.24, 2.45) is 0 Å². The maximum atomic E-state index is 12.6. The quantitative estimate of drug-likeness (QED) is 0.902. The molecule has 2 saturated heterocycles. The first-order valence-corrected chi connectivity index (χ1v) is 8.79. The lowest BCUT2D eigenvalue weighted by Gasteiger charge is -2.30. The second-order valence-electron chi connectivity index (χ2n) is 5.06. The number of nitrogens with one attached hydrogen (secondary N) is 1. The van der Waals surface area contributed by atoms with Crippen molar-refractivity contribution in [1.82, 2.24) is 9.62 Å². The van der Waals surface area contributed by atoms with Crippen LogP contribution in [0.5, 0.6) is 0 Å². The van der Waals surface area contributed by atoms with Gasteiger partial charge in [-0.15, -0.1) is 11.3 Å². The highest BCUT2D eigenvalue weighted by molar-refractivity contribution is 7.89. The number of sulfonamides is 1. The van der Waals surface area contributed by atoms with E-state index in [1.165, 1.54) is 11.3 Å². The van der Waals surface area contributed by atoms with Gasteiger partial charge in [-0.1, -0.05) is 0 Å². The van der Waals surface area contributed by atoms with Crippen molar-refractivity contribution in [2.45, 2.75) is 36.5 Å². The van der Waals surface area contributed by atoms with Gasteiger partial charge in [-0.05, 0) is 26.0 Å². The third-order valence-corrected chi connectivity index (χ3v) is 6.52. The van der Waals surface area contributed by atoms with Gasteiger partial charge < -0.3 is 10.1 Å². The highest BCUT2D eigenvalue weighted by atomic mass is 32.2. The molecule has 0 aromatic carbocycles. The lowest BCUT2D eigenvalue weighted by Crippen LogP contribution is -2.45. The predicted molar refractivity (Wildman–Crippen MR) is 73.7 cm³/mol. The molecule has 2 atom stereocenters. The average Bonchev–Trinajstić information content (AvgIpc) is 2.97. The molecule has 2 fully saturated rings. The number of thiophene rings is 1. The van der Waals surface area contributed by atoms with Crippen LogP contribution in [0.3, 0.4) is 0 Å². The number of nitrogens with zero attached hydrogens (tertiary/aromatic N) is 1. The summed E-state index contributed by atoms with van der Waals surface area (Å²) in [6, 6.07) is 1.77. The molecule has 5 nitrogen and oxygen atoms in total. The summed E-state index contributed by atoms with van der Waals surface area (Å²) in [5.74, 6) is 0. The van der Waals surface area contributed by atoms with E-state index in [-0.39, 0.29) is 12.2 Å². The molecular weight excluding hydrogens is 284 g/mol. The van der Waals surface area contributed by atoms with E-state index in [9.17, 15) is 8.42 Å². The molecule has 0 spiro atoms. The summed E-state index contributed by atoms with van der Waals surface area (Å²) in [5.41, 5.74) is 0. The average molecular weight is 302 g/mol. The molecule has 1 aromatic heterocycles. The SMILES string of the molecule is CNCc1cc(S(=O)(=O)N2CC3CCC(C2)O3)cs1. The molecule has 7 heteroatoms. The molecule has 2 unspecified atom stereocenters. The molecule has 2 bridgehead atoms. The molecule has 0 aliphatic carbocycles. The molecule has 2 aliphatic heterocycles. The number of morpholine rings is 1. The van der Waals surface area contributed by atoms with Gasteiger partial charge in [0, 0.05) is 29.9 Å². The molecule has 3 heterocycles. The van der Waals surface area contributed by atoms with Crippen LogP contribution in [0.15, 0.2) is 16.3 Å². The molecule has 2 aliphatic rings. The van der Waals surface area contributed by atoms with Crippen LogP contribution in [0, 0.1) is 0 Å². The predicted octanol–water partition coefficient (Wildman–Crippen LogP) is 1.02. The highest BCUT2D eigenvalue weighted by Crippen LogP contribution is 2.31. The van der Waals surface area contributed by atoms with Crippen molar-refractivity contribution in [3.8, 4) is 0 Å². The first-order valence-electron chi connectivity index (χ1n) is 6.47. The van der Waals surface area contributed by atoms with Gasteiger partial charge in [0.15, 0.2) is 0 Å². The van der Waals surface area contributed by atoms with Crippen LogP contribution in [-0.2, 0) is 21.3 Å². The number of fused-ring (bicyclic) bond motifs is 2. The van der Waals surface area contributed by atoms with Gasteiger partial charge in [-0.3, -0.25) is 0 Å². The molecule has 1 N–H and O–H groups in total. The van der Waals surface area contributed by atoms with Gasteiger partial charge in [0.1, 0.15) is 0 Å². The Morgan fingerprint density at radius 2 is 2.11 bits per heavy atom. The van der Waals surface area contributed by atoms with Gasteiger partial charge >= 0.3 is 0 Å². The smallest absolute Gasteiger partial charge is 0.244 e. The Morgan fingerprint density at radius 1 is 1.42 bits per heavy atom. The fraction of sp³-hybridized carbons (Fsp3) is 0.667. The minimum atomic E-state index is -3.35. The Bertz CT molecular complexity index is 543. The van der Waals surface area contributed by atoms with Crippen LogP contribution in [0.25, 0.3) is 0 Å². The van der Waals surface area contributed by atoms with E-state index in [1.807, 2.05) is 7.05 Å². The molecule has 0 radical (unpaired) electrons. The Balaban J connectivity index is 1.81. The maximum Gasteiger partial charge on any atom is 0.244 e. The first kappa shape index (κ1) is 13.5. The summed E-state index contributed by atoms with van der Waals surface area (Å²) in [6.07, 6.45) is 2.13. The zero-order chi connectivity index (χ0) is 13.5. The van der Waals surface area contributed by atoms with Gasteiger partial charge in [0.2, 0.25) is 10.0 Å². The number of rotatable bonds is 4. The van der Waals surface area contributed by atoms with Crippen LogP contribution in [0.4, 0.5) is 0 Å². The summed E-state index contributed by atoms with van der Waals surface area (Å²) >= 11 is 1.48. The lowest BCUT2D eigenvalue weighted by atomic mass is 10.2.